The summed E-state index contributed by atoms with van der Waals surface area (Å²) in [6.07, 6.45) is 2.32. The Kier molecular flexibility index (Phi) is 7.76. The average Bonchev–Trinajstić information content (AvgIpc) is 2.80. The van der Waals surface area contributed by atoms with Gasteiger partial charge < -0.3 is 10.1 Å². The highest BCUT2D eigenvalue weighted by molar-refractivity contribution is 5.96. The molecule has 0 radical (unpaired) electrons. The van der Waals surface area contributed by atoms with Crippen molar-refractivity contribution in [3.05, 3.63) is 100 Å². The zero-order valence-electron chi connectivity index (χ0n) is 17.5. The van der Waals surface area contributed by atoms with Crippen LogP contribution in [0.3, 0.4) is 0 Å². The summed E-state index contributed by atoms with van der Waals surface area (Å²) in [4.78, 5) is 23.3. The van der Waals surface area contributed by atoms with Crippen LogP contribution in [0.1, 0.15) is 48.1 Å². The molecule has 31 heavy (non-hydrogen) atoms. The van der Waals surface area contributed by atoms with Crippen LogP contribution in [-0.4, -0.2) is 17.3 Å². The second-order valence-corrected chi connectivity index (χ2v) is 7.27. The van der Waals surface area contributed by atoms with E-state index < -0.39 is 4.92 Å². The standard InChI is InChI=1S/C25H26N2O4/c1-2-3-17-31-23-15-9-19(10-16-23)24(18-25(28)20-7-5-4-6-8-20)26-21-11-13-22(14-12-21)27(29)30/h4-16,24,26H,2-3,17-18H2,1H3/t24-/m1/s1. The Labute approximate surface area is 182 Å². The topological polar surface area (TPSA) is 81.5 Å². The summed E-state index contributed by atoms with van der Waals surface area (Å²) in [6.45, 7) is 2.79. The Bertz CT molecular complexity index is 986. The summed E-state index contributed by atoms with van der Waals surface area (Å²) >= 11 is 0. The number of hydrogen-bond acceptors (Lipinski definition) is 5. The van der Waals surface area contributed by atoms with E-state index in [-0.39, 0.29) is 23.9 Å². The number of Topliss-reactive ketones (excluding diaryl/α,β-unsaturated/α-hetero) is 1. The Hall–Kier alpha value is -3.67. The molecule has 0 spiro atoms. The van der Waals surface area contributed by atoms with Gasteiger partial charge in [-0.05, 0) is 36.2 Å². The molecular weight excluding hydrogens is 392 g/mol. The lowest BCUT2D eigenvalue weighted by molar-refractivity contribution is -0.384. The minimum absolute atomic E-state index is 0.0169. The predicted molar refractivity (Wildman–Crippen MR) is 122 cm³/mol. The zero-order chi connectivity index (χ0) is 22.1. The van der Waals surface area contributed by atoms with E-state index in [9.17, 15) is 14.9 Å². The number of unbranched alkanes of at least 4 members (excludes halogenated alkanes) is 1. The van der Waals surface area contributed by atoms with Crippen LogP contribution >= 0.6 is 0 Å². The first-order valence-corrected chi connectivity index (χ1v) is 10.4. The van der Waals surface area contributed by atoms with Crippen LogP contribution in [0.2, 0.25) is 0 Å². The summed E-state index contributed by atoms with van der Waals surface area (Å²) in [7, 11) is 0. The molecule has 3 aromatic rings. The zero-order valence-corrected chi connectivity index (χ0v) is 17.5. The monoisotopic (exact) mass is 418 g/mol. The SMILES string of the molecule is CCCCOc1ccc([C@@H](CC(=O)c2ccccc2)Nc2ccc([N+](=O)[O-])cc2)cc1. The first kappa shape index (κ1) is 22.0. The number of non-ortho nitro benzene ring substituents is 1. The van der Waals surface area contributed by atoms with Gasteiger partial charge in [0.1, 0.15) is 5.75 Å². The van der Waals surface area contributed by atoms with Gasteiger partial charge in [0.15, 0.2) is 5.78 Å². The molecule has 0 bridgehead atoms. The van der Waals surface area contributed by atoms with Crippen LogP contribution in [0.5, 0.6) is 5.75 Å². The minimum atomic E-state index is -0.433. The van der Waals surface area contributed by atoms with Crippen LogP contribution in [0.25, 0.3) is 0 Å². The van der Waals surface area contributed by atoms with Crippen LogP contribution < -0.4 is 10.1 Å². The molecule has 3 rings (SSSR count). The normalized spacial score (nSPS) is 11.5. The number of hydrogen-bond donors (Lipinski definition) is 1. The number of nitrogens with one attached hydrogen (secondary N) is 1. The third kappa shape index (κ3) is 6.40. The predicted octanol–water partition coefficient (Wildman–Crippen LogP) is 6.20. The molecule has 0 aliphatic heterocycles. The molecule has 0 unspecified atom stereocenters. The van der Waals surface area contributed by atoms with Gasteiger partial charge in [0, 0.05) is 29.8 Å². The molecular formula is C25H26N2O4. The number of carbonyl (C=O) groups is 1. The Balaban J connectivity index is 1.79. The highest BCUT2D eigenvalue weighted by Gasteiger charge is 2.18. The maximum atomic E-state index is 12.8. The van der Waals surface area contributed by atoms with Crippen LogP contribution in [0, 0.1) is 10.1 Å². The van der Waals surface area contributed by atoms with Gasteiger partial charge in [-0.25, -0.2) is 0 Å². The van der Waals surface area contributed by atoms with E-state index in [1.165, 1.54) is 12.1 Å². The van der Waals surface area contributed by atoms with Crippen molar-refractivity contribution in [2.24, 2.45) is 0 Å². The number of benzene rings is 3. The van der Waals surface area contributed by atoms with E-state index in [0.29, 0.717) is 17.9 Å². The number of rotatable bonds is 11. The fourth-order valence-electron chi connectivity index (χ4n) is 3.19. The smallest absolute Gasteiger partial charge is 0.269 e. The first-order valence-electron chi connectivity index (χ1n) is 10.4. The summed E-state index contributed by atoms with van der Waals surface area (Å²) in [5, 5.41) is 14.3. The number of ketones is 1. The van der Waals surface area contributed by atoms with Gasteiger partial charge in [0.05, 0.1) is 17.6 Å². The lowest BCUT2D eigenvalue weighted by atomic mass is 9.97. The van der Waals surface area contributed by atoms with Crippen molar-refractivity contribution in [1.29, 1.82) is 0 Å². The van der Waals surface area contributed by atoms with Crippen LogP contribution in [-0.2, 0) is 0 Å². The van der Waals surface area contributed by atoms with E-state index in [0.717, 1.165) is 24.2 Å². The fourth-order valence-corrected chi connectivity index (χ4v) is 3.19. The minimum Gasteiger partial charge on any atom is -0.494 e. The van der Waals surface area contributed by atoms with E-state index in [4.69, 9.17) is 4.74 Å². The number of anilines is 1. The lowest BCUT2D eigenvalue weighted by Crippen LogP contribution is -2.16. The van der Waals surface area contributed by atoms with E-state index in [1.54, 1.807) is 24.3 Å². The quantitative estimate of drug-likeness (QED) is 0.173. The number of carbonyl (C=O) groups excluding carboxylic acids is 1. The Morgan fingerprint density at radius 2 is 1.68 bits per heavy atom. The van der Waals surface area contributed by atoms with Gasteiger partial charge >= 0.3 is 0 Å². The molecule has 3 aromatic carbocycles. The molecule has 1 atom stereocenters. The number of nitrogens with zero attached hydrogens (tertiary/aromatic N) is 1. The molecule has 0 heterocycles. The van der Waals surface area contributed by atoms with Crippen molar-refractivity contribution in [2.45, 2.75) is 32.2 Å². The lowest BCUT2D eigenvalue weighted by Gasteiger charge is -2.20. The summed E-state index contributed by atoms with van der Waals surface area (Å²) < 4.78 is 5.73. The van der Waals surface area contributed by atoms with Crippen LogP contribution in [0.4, 0.5) is 11.4 Å². The van der Waals surface area contributed by atoms with Crippen LogP contribution in [0.15, 0.2) is 78.9 Å². The molecule has 1 N–H and O–H groups in total. The van der Waals surface area contributed by atoms with Gasteiger partial charge in [-0.1, -0.05) is 55.8 Å². The third-order valence-electron chi connectivity index (χ3n) is 4.95. The fraction of sp³-hybridized carbons (Fsp3) is 0.240. The molecule has 0 saturated heterocycles. The summed E-state index contributed by atoms with van der Waals surface area (Å²) in [5.74, 6) is 0.809. The number of nitro groups is 1. The van der Waals surface area contributed by atoms with Crippen molar-refractivity contribution in [1.82, 2.24) is 0 Å². The highest BCUT2D eigenvalue weighted by atomic mass is 16.6. The second-order valence-electron chi connectivity index (χ2n) is 7.27. The highest BCUT2D eigenvalue weighted by Crippen LogP contribution is 2.27. The maximum Gasteiger partial charge on any atom is 0.269 e. The van der Waals surface area contributed by atoms with Crippen molar-refractivity contribution in [2.75, 3.05) is 11.9 Å². The summed E-state index contributed by atoms with van der Waals surface area (Å²) in [5.41, 5.74) is 2.32. The molecule has 160 valence electrons. The van der Waals surface area contributed by atoms with Gasteiger partial charge in [-0.2, -0.15) is 0 Å². The molecule has 0 saturated carbocycles. The molecule has 0 aliphatic carbocycles. The van der Waals surface area contributed by atoms with Gasteiger partial charge in [-0.3, -0.25) is 14.9 Å². The van der Waals surface area contributed by atoms with Gasteiger partial charge in [0.25, 0.3) is 5.69 Å². The number of nitro benzene ring substituents is 1. The van der Waals surface area contributed by atoms with E-state index in [1.807, 2.05) is 42.5 Å². The largest absolute Gasteiger partial charge is 0.494 e. The molecule has 0 fully saturated rings. The average molecular weight is 418 g/mol. The molecule has 0 aromatic heterocycles. The first-order chi connectivity index (χ1) is 15.1. The molecule has 0 aliphatic rings. The molecule has 0 amide bonds. The third-order valence-corrected chi connectivity index (χ3v) is 4.95. The van der Waals surface area contributed by atoms with E-state index >= 15 is 0 Å². The van der Waals surface area contributed by atoms with Gasteiger partial charge in [-0.15, -0.1) is 0 Å². The van der Waals surface area contributed by atoms with Crippen molar-refractivity contribution in [3.8, 4) is 5.75 Å². The van der Waals surface area contributed by atoms with Crippen molar-refractivity contribution >= 4 is 17.2 Å². The van der Waals surface area contributed by atoms with Crippen molar-refractivity contribution in [3.63, 3.8) is 0 Å². The Morgan fingerprint density at radius 3 is 2.29 bits per heavy atom. The van der Waals surface area contributed by atoms with Crippen molar-refractivity contribution < 1.29 is 14.5 Å². The van der Waals surface area contributed by atoms with E-state index in [2.05, 4.69) is 12.2 Å². The van der Waals surface area contributed by atoms with Gasteiger partial charge in [0.2, 0.25) is 0 Å². The summed E-state index contributed by atoms with van der Waals surface area (Å²) in [6, 6.07) is 22.8. The second kappa shape index (κ2) is 10.9. The molecule has 6 nitrogen and oxygen atoms in total. The molecule has 6 heteroatoms. The Morgan fingerprint density at radius 1 is 1.00 bits per heavy atom. The maximum absolute atomic E-state index is 12.8. The number of ether oxygens (including phenoxy) is 1.